The van der Waals surface area contributed by atoms with E-state index in [4.69, 9.17) is 4.74 Å². The number of carbonyl (C=O) groups excluding carboxylic acids is 2. The van der Waals surface area contributed by atoms with E-state index < -0.39 is 11.5 Å². The average molecular weight is 256 g/mol. The van der Waals surface area contributed by atoms with Gasteiger partial charge < -0.3 is 4.74 Å². The minimum absolute atomic E-state index is 0.167. The molecule has 0 aliphatic carbocycles. The molecule has 96 valence electrons. The fourth-order valence-corrected chi connectivity index (χ4v) is 3.40. The lowest BCUT2D eigenvalue weighted by Gasteiger charge is -2.24. The van der Waals surface area contributed by atoms with Gasteiger partial charge >= 0.3 is 0 Å². The smallest absolute Gasteiger partial charge is 0.241 e. The van der Waals surface area contributed by atoms with E-state index in [0.717, 1.165) is 0 Å². The van der Waals surface area contributed by atoms with Gasteiger partial charge in [-0.2, -0.15) is 0 Å². The summed E-state index contributed by atoms with van der Waals surface area (Å²) in [5.41, 5.74) is -0.0495. The van der Waals surface area contributed by atoms with Crippen molar-refractivity contribution in [2.45, 2.75) is 18.6 Å². The van der Waals surface area contributed by atoms with Crippen LogP contribution in [0.5, 0.6) is 0 Å². The van der Waals surface area contributed by atoms with Crippen LogP contribution in [0.25, 0.3) is 0 Å². The molecule has 4 atom stereocenters. The van der Waals surface area contributed by atoms with Crippen molar-refractivity contribution in [3.05, 3.63) is 36.7 Å². The topological polar surface area (TPSA) is 59.5 Å². The van der Waals surface area contributed by atoms with Crippen LogP contribution in [-0.4, -0.2) is 28.5 Å². The molecule has 3 aliphatic rings. The van der Waals surface area contributed by atoms with Crippen molar-refractivity contribution in [2.24, 2.45) is 11.8 Å². The molecule has 4 rings (SSSR count). The minimum Gasteiger partial charge on any atom is -0.362 e. The molecule has 2 saturated heterocycles. The SMILES string of the molecule is C[C@@]12C=C[C@@H](O1)[C@@H]1C(=O)N(c3ccncc3)C(=O)[C@H]12. The van der Waals surface area contributed by atoms with Gasteiger partial charge in [0.1, 0.15) is 0 Å². The lowest BCUT2D eigenvalue weighted by atomic mass is 9.78. The number of aromatic nitrogens is 1. The summed E-state index contributed by atoms with van der Waals surface area (Å²) in [7, 11) is 0. The number of imide groups is 1. The lowest BCUT2D eigenvalue weighted by molar-refractivity contribution is -0.126. The van der Waals surface area contributed by atoms with Crippen molar-refractivity contribution in [1.82, 2.24) is 4.98 Å². The molecule has 5 heteroatoms. The van der Waals surface area contributed by atoms with Gasteiger partial charge in [-0.3, -0.25) is 14.6 Å². The highest BCUT2D eigenvalue weighted by molar-refractivity contribution is 6.23. The fourth-order valence-electron chi connectivity index (χ4n) is 3.40. The first-order valence-corrected chi connectivity index (χ1v) is 6.27. The third kappa shape index (κ3) is 1.20. The molecule has 0 aromatic carbocycles. The summed E-state index contributed by atoms with van der Waals surface area (Å²) in [6.07, 6.45) is 6.69. The number of pyridine rings is 1. The quantitative estimate of drug-likeness (QED) is 0.553. The number of amides is 2. The van der Waals surface area contributed by atoms with Crippen LogP contribution in [0.3, 0.4) is 0 Å². The first-order valence-electron chi connectivity index (χ1n) is 6.27. The zero-order chi connectivity index (χ0) is 13.2. The molecule has 0 N–H and O–H groups in total. The summed E-state index contributed by atoms with van der Waals surface area (Å²) in [5.74, 6) is -1.12. The second kappa shape index (κ2) is 3.30. The molecule has 1 aromatic heterocycles. The second-order valence-electron chi connectivity index (χ2n) is 5.35. The molecule has 5 nitrogen and oxygen atoms in total. The summed E-state index contributed by atoms with van der Waals surface area (Å²) in [6.45, 7) is 1.87. The lowest BCUT2D eigenvalue weighted by Crippen LogP contribution is -2.38. The number of carbonyl (C=O) groups is 2. The van der Waals surface area contributed by atoms with Gasteiger partial charge in [0, 0.05) is 12.4 Å². The highest BCUT2D eigenvalue weighted by Gasteiger charge is 2.65. The van der Waals surface area contributed by atoms with Crippen LogP contribution in [0.2, 0.25) is 0 Å². The van der Waals surface area contributed by atoms with Crippen LogP contribution in [0.4, 0.5) is 5.69 Å². The number of hydrogen-bond donors (Lipinski definition) is 0. The summed E-state index contributed by atoms with van der Waals surface area (Å²) in [5, 5.41) is 0. The highest BCUT2D eigenvalue weighted by atomic mass is 16.5. The molecular weight excluding hydrogens is 244 g/mol. The van der Waals surface area contributed by atoms with Gasteiger partial charge in [-0.25, -0.2) is 4.90 Å². The van der Waals surface area contributed by atoms with Crippen molar-refractivity contribution in [3.63, 3.8) is 0 Å². The molecule has 0 saturated carbocycles. The van der Waals surface area contributed by atoms with Crippen LogP contribution in [0.15, 0.2) is 36.7 Å². The minimum atomic E-state index is -0.635. The first kappa shape index (κ1) is 10.9. The zero-order valence-electron chi connectivity index (χ0n) is 10.3. The van der Waals surface area contributed by atoms with Crippen molar-refractivity contribution < 1.29 is 14.3 Å². The van der Waals surface area contributed by atoms with Crippen LogP contribution in [0.1, 0.15) is 6.92 Å². The zero-order valence-corrected chi connectivity index (χ0v) is 10.3. The van der Waals surface area contributed by atoms with Crippen LogP contribution in [0, 0.1) is 11.8 Å². The first-order chi connectivity index (χ1) is 9.12. The Morgan fingerprint density at radius 1 is 1.26 bits per heavy atom. The summed E-state index contributed by atoms with van der Waals surface area (Å²) >= 11 is 0. The third-order valence-corrected chi connectivity index (χ3v) is 4.25. The maximum Gasteiger partial charge on any atom is 0.241 e. The van der Waals surface area contributed by atoms with Gasteiger partial charge in [0.2, 0.25) is 11.8 Å². The summed E-state index contributed by atoms with van der Waals surface area (Å²) in [6, 6.07) is 3.35. The van der Waals surface area contributed by atoms with E-state index in [9.17, 15) is 9.59 Å². The van der Waals surface area contributed by atoms with E-state index in [0.29, 0.717) is 5.69 Å². The number of rotatable bonds is 1. The molecule has 0 unspecified atom stereocenters. The Balaban J connectivity index is 1.80. The average Bonchev–Trinajstić information content (AvgIpc) is 3.00. The van der Waals surface area contributed by atoms with Crippen molar-refractivity contribution >= 4 is 17.5 Å². The fraction of sp³-hybridized carbons (Fsp3) is 0.357. The Labute approximate surface area is 109 Å². The Morgan fingerprint density at radius 2 is 2.00 bits per heavy atom. The molecule has 3 aliphatic heterocycles. The maximum absolute atomic E-state index is 12.6. The normalized spacial score (nSPS) is 39.2. The highest BCUT2D eigenvalue weighted by Crippen LogP contribution is 2.52. The number of nitrogens with zero attached hydrogens (tertiary/aromatic N) is 2. The number of fused-ring (bicyclic) bond motifs is 5. The number of anilines is 1. The Bertz CT molecular complexity index is 612. The van der Waals surface area contributed by atoms with Crippen molar-refractivity contribution in [3.8, 4) is 0 Å². The molecule has 0 spiro atoms. The van der Waals surface area contributed by atoms with Gasteiger partial charge in [-0.05, 0) is 19.1 Å². The van der Waals surface area contributed by atoms with Crippen LogP contribution < -0.4 is 4.90 Å². The standard InChI is InChI=1S/C14H12N2O3/c1-14-5-2-9(19-14)10-11(14)13(18)16(12(10)17)8-3-6-15-7-4-8/h2-7,9-11H,1H3/t9-,10+,11+,14+/m1/s1. The summed E-state index contributed by atoms with van der Waals surface area (Å²) < 4.78 is 5.76. The Morgan fingerprint density at radius 3 is 2.68 bits per heavy atom. The Hall–Kier alpha value is -2.01. The third-order valence-electron chi connectivity index (χ3n) is 4.25. The molecule has 2 fully saturated rings. The predicted molar refractivity (Wildman–Crippen MR) is 66.1 cm³/mol. The molecule has 2 amide bonds. The van der Waals surface area contributed by atoms with E-state index in [-0.39, 0.29) is 23.8 Å². The van der Waals surface area contributed by atoms with Gasteiger partial charge in [-0.1, -0.05) is 12.2 Å². The van der Waals surface area contributed by atoms with E-state index in [1.165, 1.54) is 4.90 Å². The van der Waals surface area contributed by atoms with E-state index in [1.807, 2.05) is 19.1 Å². The van der Waals surface area contributed by atoms with Crippen LogP contribution in [-0.2, 0) is 14.3 Å². The molecule has 0 radical (unpaired) electrons. The molecule has 2 bridgehead atoms. The van der Waals surface area contributed by atoms with Crippen LogP contribution >= 0.6 is 0 Å². The van der Waals surface area contributed by atoms with E-state index in [1.54, 1.807) is 24.5 Å². The predicted octanol–water partition coefficient (Wildman–Crippen LogP) is 0.914. The molecule has 4 heterocycles. The van der Waals surface area contributed by atoms with Gasteiger partial charge in [0.25, 0.3) is 0 Å². The largest absolute Gasteiger partial charge is 0.362 e. The van der Waals surface area contributed by atoms with E-state index in [2.05, 4.69) is 4.98 Å². The maximum atomic E-state index is 12.6. The van der Waals surface area contributed by atoms with Gasteiger partial charge in [0.05, 0.1) is 29.2 Å². The van der Waals surface area contributed by atoms with Crippen molar-refractivity contribution in [2.75, 3.05) is 4.90 Å². The molecule has 19 heavy (non-hydrogen) atoms. The van der Waals surface area contributed by atoms with Gasteiger partial charge in [-0.15, -0.1) is 0 Å². The monoisotopic (exact) mass is 256 g/mol. The summed E-state index contributed by atoms with van der Waals surface area (Å²) in [4.78, 5) is 30.2. The molecular formula is C14H12N2O3. The number of ether oxygens (including phenoxy) is 1. The molecule has 1 aromatic rings. The van der Waals surface area contributed by atoms with E-state index >= 15 is 0 Å². The number of hydrogen-bond acceptors (Lipinski definition) is 4. The Kier molecular flexibility index (Phi) is 1.89. The second-order valence-corrected chi connectivity index (χ2v) is 5.35. The van der Waals surface area contributed by atoms with Gasteiger partial charge in [0.15, 0.2) is 0 Å². The van der Waals surface area contributed by atoms with Crippen molar-refractivity contribution in [1.29, 1.82) is 0 Å².